The van der Waals surface area contributed by atoms with Crippen LogP contribution in [-0.4, -0.2) is 49.3 Å². The molecule has 0 aliphatic carbocycles. The van der Waals surface area contributed by atoms with Gasteiger partial charge in [0.2, 0.25) is 0 Å². The lowest BCUT2D eigenvalue weighted by atomic mass is 9.89. The molecule has 0 aromatic rings. The third kappa shape index (κ3) is 2.25. The lowest BCUT2D eigenvalue weighted by molar-refractivity contribution is -0.0946. The van der Waals surface area contributed by atoms with E-state index in [0.717, 1.165) is 30.9 Å². The van der Waals surface area contributed by atoms with Crippen molar-refractivity contribution in [3.63, 3.8) is 0 Å². The van der Waals surface area contributed by atoms with Crippen LogP contribution in [0.5, 0.6) is 0 Å². The summed E-state index contributed by atoms with van der Waals surface area (Å²) in [7, 11) is 0. The van der Waals surface area contributed by atoms with Crippen LogP contribution in [-0.2, 0) is 4.74 Å². The summed E-state index contributed by atoms with van der Waals surface area (Å²) in [5, 5.41) is 3.52. The minimum absolute atomic E-state index is 0.138. The number of nitrogens with one attached hydrogen (secondary N) is 1. The Morgan fingerprint density at radius 1 is 1.29 bits per heavy atom. The maximum Gasteiger partial charge on any atom is 0.0666 e. The molecule has 3 nitrogen and oxygen atoms in total. The first kappa shape index (κ1) is 11.9. The topological polar surface area (TPSA) is 24.5 Å². The summed E-state index contributed by atoms with van der Waals surface area (Å²) >= 11 is 0. The van der Waals surface area contributed by atoms with E-state index in [4.69, 9.17) is 4.74 Å². The van der Waals surface area contributed by atoms with E-state index in [2.05, 4.69) is 24.1 Å². The van der Waals surface area contributed by atoms with Gasteiger partial charge in [-0.1, -0.05) is 6.92 Å². The van der Waals surface area contributed by atoms with Gasteiger partial charge < -0.3 is 10.1 Å². The third-order valence-electron chi connectivity index (χ3n) is 5.25. The van der Waals surface area contributed by atoms with Crippen molar-refractivity contribution in [2.24, 2.45) is 11.8 Å². The Hall–Kier alpha value is -0.120. The molecule has 3 rings (SSSR count). The van der Waals surface area contributed by atoms with Crippen molar-refractivity contribution in [1.29, 1.82) is 0 Å². The molecule has 0 aromatic heterocycles. The first-order chi connectivity index (χ1) is 8.20. The second-order valence-corrected chi connectivity index (χ2v) is 6.43. The number of likely N-dealkylation sites (tertiary alicyclic amines) is 1. The molecule has 17 heavy (non-hydrogen) atoms. The number of fused-ring (bicyclic) bond motifs is 1. The van der Waals surface area contributed by atoms with E-state index in [1.165, 1.54) is 39.0 Å². The first-order valence-electron chi connectivity index (χ1n) is 7.29. The SMILES string of the molecule is CCC1(C)CC(N2C[C@H]3CNC[C@H]3C2)CCO1. The van der Waals surface area contributed by atoms with Gasteiger partial charge >= 0.3 is 0 Å². The van der Waals surface area contributed by atoms with E-state index >= 15 is 0 Å². The fourth-order valence-electron chi connectivity index (χ4n) is 3.85. The molecule has 1 N–H and O–H groups in total. The molecule has 0 saturated carbocycles. The fraction of sp³-hybridized carbons (Fsp3) is 1.00. The number of hydrogen-bond donors (Lipinski definition) is 1. The maximum absolute atomic E-state index is 5.96. The van der Waals surface area contributed by atoms with Crippen LogP contribution in [0, 0.1) is 11.8 Å². The number of nitrogens with zero attached hydrogens (tertiary/aromatic N) is 1. The highest BCUT2D eigenvalue weighted by atomic mass is 16.5. The molecular weight excluding hydrogens is 212 g/mol. The molecule has 0 spiro atoms. The van der Waals surface area contributed by atoms with Crippen LogP contribution in [0.2, 0.25) is 0 Å². The number of ether oxygens (including phenoxy) is 1. The zero-order valence-electron chi connectivity index (χ0n) is 11.2. The van der Waals surface area contributed by atoms with Crippen molar-refractivity contribution in [1.82, 2.24) is 10.2 Å². The normalized spacial score (nSPS) is 47.3. The van der Waals surface area contributed by atoms with Crippen molar-refractivity contribution >= 4 is 0 Å². The minimum atomic E-state index is 0.138. The lowest BCUT2D eigenvalue weighted by Crippen LogP contribution is -2.47. The monoisotopic (exact) mass is 238 g/mol. The van der Waals surface area contributed by atoms with Crippen molar-refractivity contribution in [3.8, 4) is 0 Å². The second kappa shape index (κ2) is 4.52. The smallest absolute Gasteiger partial charge is 0.0666 e. The van der Waals surface area contributed by atoms with E-state index in [1.54, 1.807) is 0 Å². The molecule has 3 aliphatic rings. The molecule has 0 radical (unpaired) electrons. The van der Waals surface area contributed by atoms with E-state index in [-0.39, 0.29) is 5.60 Å². The summed E-state index contributed by atoms with van der Waals surface area (Å²) < 4.78 is 5.96. The van der Waals surface area contributed by atoms with Crippen LogP contribution in [0.15, 0.2) is 0 Å². The predicted molar refractivity (Wildman–Crippen MR) is 69.1 cm³/mol. The third-order valence-corrected chi connectivity index (χ3v) is 5.25. The minimum Gasteiger partial charge on any atom is -0.375 e. The Kier molecular flexibility index (Phi) is 3.18. The van der Waals surface area contributed by atoms with Gasteiger partial charge in [-0.05, 0) is 51.1 Å². The van der Waals surface area contributed by atoms with Gasteiger partial charge in [0, 0.05) is 25.7 Å². The molecule has 0 aromatic carbocycles. The molecule has 0 amide bonds. The van der Waals surface area contributed by atoms with Crippen LogP contribution in [0.25, 0.3) is 0 Å². The highest BCUT2D eigenvalue weighted by molar-refractivity contribution is 4.96. The van der Waals surface area contributed by atoms with Crippen LogP contribution < -0.4 is 5.32 Å². The van der Waals surface area contributed by atoms with Crippen LogP contribution in [0.4, 0.5) is 0 Å². The molecule has 2 unspecified atom stereocenters. The molecule has 0 bridgehead atoms. The molecule has 3 aliphatic heterocycles. The highest BCUT2D eigenvalue weighted by Crippen LogP contribution is 2.35. The predicted octanol–water partition coefficient (Wildman–Crippen LogP) is 1.49. The fourth-order valence-corrected chi connectivity index (χ4v) is 3.85. The zero-order valence-corrected chi connectivity index (χ0v) is 11.2. The molecule has 3 heterocycles. The van der Waals surface area contributed by atoms with E-state index in [9.17, 15) is 0 Å². The average molecular weight is 238 g/mol. The Morgan fingerprint density at radius 3 is 2.65 bits per heavy atom. The van der Waals surface area contributed by atoms with Crippen molar-refractivity contribution in [3.05, 3.63) is 0 Å². The molecule has 98 valence electrons. The Bertz CT molecular complexity index is 271. The first-order valence-corrected chi connectivity index (χ1v) is 7.29. The van der Waals surface area contributed by atoms with E-state index in [1.807, 2.05) is 0 Å². The summed E-state index contributed by atoms with van der Waals surface area (Å²) in [4.78, 5) is 2.76. The maximum atomic E-state index is 5.96. The van der Waals surface area contributed by atoms with E-state index < -0.39 is 0 Å². The largest absolute Gasteiger partial charge is 0.375 e. The van der Waals surface area contributed by atoms with Gasteiger partial charge in [-0.25, -0.2) is 0 Å². The van der Waals surface area contributed by atoms with Gasteiger partial charge in [-0.15, -0.1) is 0 Å². The molecule has 3 fully saturated rings. The summed E-state index contributed by atoms with van der Waals surface area (Å²) in [6, 6.07) is 0.777. The highest BCUT2D eigenvalue weighted by Gasteiger charge is 2.41. The Balaban J connectivity index is 1.61. The van der Waals surface area contributed by atoms with Crippen molar-refractivity contribution in [2.75, 3.05) is 32.8 Å². The van der Waals surface area contributed by atoms with Gasteiger partial charge in [0.05, 0.1) is 5.60 Å². The van der Waals surface area contributed by atoms with Crippen molar-refractivity contribution < 1.29 is 4.74 Å². The van der Waals surface area contributed by atoms with Gasteiger partial charge in [-0.2, -0.15) is 0 Å². The van der Waals surface area contributed by atoms with Gasteiger partial charge in [0.25, 0.3) is 0 Å². The number of hydrogen-bond acceptors (Lipinski definition) is 3. The molecule has 4 atom stereocenters. The molecule has 3 saturated heterocycles. The van der Waals surface area contributed by atoms with Gasteiger partial charge in [0.15, 0.2) is 0 Å². The average Bonchev–Trinajstić information content (AvgIpc) is 2.89. The Labute approximate surface area is 105 Å². The summed E-state index contributed by atoms with van der Waals surface area (Å²) in [6.07, 6.45) is 3.62. The van der Waals surface area contributed by atoms with Crippen LogP contribution in [0.1, 0.15) is 33.1 Å². The van der Waals surface area contributed by atoms with Gasteiger partial charge in [0.1, 0.15) is 0 Å². The summed E-state index contributed by atoms with van der Waals surface area (Å²) in [6.45, 7) is 10.6. The second-order valence-electron chi connectivity index (χ2n) is 6.43. The summed E-state index contributed by atoms with van der Waals surface area (Å²) in [5.74, 6) is 1.84. The lowest BCUT2D eigenvalue weighted by Gasteiger charge is -2.41. The van der Waals surface area contributed by atoms with Crippen LogP contribution >= 0.6 is 0 Å². The standard InChI is InChI=1S/C14H26N2O/c1-3-14(2)6-13(4-5-17-14)16-9-11-7-15-8-12(11)10-16/h11-13,15H,3-10H2,1-2H3/t11-,12+,13?,14?. The molecule has 3 heteroatoms. The van der Waals surface area contributed by atoms with Gasteiger partial charge in [-0.3, -0.25) is 4.90 Å². The number of rotatable bonds is 2. The Morgan fingerprint density at radius 2 is 2.00 bits per heavy atom. The zero-order chi connectivity index (χ0) is 11.9. The van der Waals surface area contributed by atoms with Crippen molar-refractivity contribution in [2.45, 2.75) is 44.8 Å². The van der Waals surface area contributed by atoms with Crippen LogP contribution in [0.3, 0.4) is 0 Å². The summed E-state index contributed by atoms with van der Waals surface area (Å²) in [5.41, 5.74) is 0.138. The molecular formula is C14H26N2O. The van der Waals surface area contributed by atoms with E-state index in [0.29, 0.717) is 0 Å². The quantitative estimate of drug-likeness (QED) is 0.789.